The van der Waals surface area contributed by atoms with Crippen molar-refractivity contribution >= 4 is 11.6 Å². The van der Waals surface area contributed by atoms with Crippen molar-refractivity contribution in [1.29, 1.82) is 0 Å². The molecule has 0 aliphatic carbocycles. The standard InChI is InChI=1S/C17H26N2O2/c1-5-21-15-8-6-7-14(18)16(15)17(20)19-10-11(2)9-12(3)13(19)4/h6-8,11-13H,5,9-10,18H2,1-4H3. The molecule has 1 aromatic carbocycles. The molecule has 1 heterocycles. The molecular weight excluding hydrogens is 264 g/mol. The fourth-order valence-electron chi connectivity index (χ4n) is 3.18. The summed E-state index contributed by atoms with van der Waals surface area (Å²) in [5.74, 6) is 1.59. The molecule has 1 fully saturated rings. The summed E-state index contributed by atoms with van der Waals surface area (Å²) < 4.78 is 5.59. The second-order valence-corrected chi connectivity index (χ2v) is 6.17. The number of likely N-dealkylation sites (tertiary alicyclic amines) is 1. The van der Waals surface area contributed by atoms with Gasteiger partial charge in [0.05, 0.1) is 6.61 Å². The minimum Gasteiger partial charge on any atom is -0.493 e. The predicted molar refractivity (Wildman–Crippen MR) is 85.5 cm³/mol. The van der Waals surface area contributed by atoms with Crippen LogP contribution in [0.4, 0.5) is 5.69 Å². The van der Waals surface area contributed by atoms with E-state index in [1.54, 1.807) is 6.07 Å². The van der Waals surface area contributed by atoms with Crippen molar-refractivity contribution in [3.8, 4) is 5.75 Å². The normalized spacial score (nSPS) is 25.7. The number of hydrogen-bond donors (Lipinski definition) is 1. The lowest BCUT2D eigenvalue weighted by Gasteiger charge is -2.41. The molecule has 1 saturated heterocycles. The topological polar surface area (TPSA) is 55.6 Å². The van der Waals surface area contributed by atoms with E-state index in [4.69, 9.17) is 10.5 Å². The summed E-state index contributed by atoms with van der Waals surface area (Å²) in [6.45, 7) is 9.73. The van der Waals surface area contributed by atoms with Crippen molar-refractivity contribution in [3.05, 3.63) is 23.8 Å². The molecule has 3 unspecified atom stereocenters. The first-order valence-electron chi connectivity index (χ1n) is 7.77. The minimum atomic E-state index is -0.0116. The number of nitrogens with zero attached hydrogens (tertiary/aromatic N) is 1. The highest BCUT2D eigenvalue weighted by Crippen LogP contribution is 2.32. The van der Waals surface area contributed by atoms with Crippen LogP contribution in [0.25, 0.3) is 0 Å². The van der Waals surface area contributed by atoms with Crippen LogP contribution < -0.4 is 10.5 Å². The second kappa shape index (κ2) is 6.37. The van der Waals surface area contributed by atoms with Gasteiger partial charge in [0.15, 0.2) is 0 Å². The van der Waals surface area contributed by atoms with Gasteiger partial charge in [-0.25, -0.2) is 0 Å². The Hall–Kier alpha value is -1.71. The maximum Gasteiger partial charge on any atom is 0.259 e. The number of ether oxygens (including phenoxy) is 1. The van der Waals surface area contributed by atoms with Gasteiger partial charge in [0, 0.05) is 18.3 Å². The van der Waals surface area contributed by atoms with Crippen LogP contribution in [-0.4, -0.2) is 30.0 Å². The average Bonchev–Trinajstić information content (AvgIpc) is 2.43. The number of carbonyl (C=O) groups excluding carboxylic acids is 1. The van der Waals surface area contributed by atoms with E-state index >= 15 is 0 Å². The number of amides is 1. The zero-order valence-corrected chi connectivity index (χ0v) is 13.4. The van der Waals surface area contributed by atoms with E-state index in [9.17, 15) is 4.79 Å². The number of benzene rings is 1. The summed E-state index contributed by atoms with van der Waals surface area (Å²) in [6, 6.07) is 5.62. The Morgan fingerprint density at radius 3 is 2.76 bits per heavy atom. The number of hydrogen-bond acceptors (Lipinski definition) is 3. The molecule has 0 bridgehead atoms. The van der Waals surface area contributed by atoms with E-state index in [0.29, 0.717) is 35.4 Å². The van der Waals surface area contributed by atoms with Gasteiger partial charge in [-0.15, -0.1) is 0 Å². The Bertz CT molecular complexity index is 516. The number of carbonyl (C=O) groups is 1. The van der Waals surface area contributed by atoms with E-state index in [0.717, 1.165) is 13.0 Å². The zero-order valence-electron chi connectivity index (χ0n) is 13.4. The first-order chi connectivity index (χ1) is 9.95. The largest absolute Gasteiger partial charge is 0.493 e. The first kappa shape index (κ1) is 15.7. The Morgan fingerprint density at radius 1 is 1.38 bits per heavy atom. The molecule has 1 amide bonds. The maximum absolute atomic E-state index is 13.0. The number of piperidine rings is 1. The third-order valence-corrected chi connectivity index (χ3v) is 4.43. The lowest BCUT2D eigenvalue weighted by molar-refractivity contribution is 0.0453. The molecule has 2 rings (SSSR count). The molecule has 1 aromatic rings. The Morgan fingerprint density at radius 2 is 2.10 bits per heavy atom. The molecule has 4 heteroatoms. The van der Waals surface area contributed by atoms with E-state index in [1.807, 2.05) is 24.0 Å². The molecule has 21 heavy (non-hydrogen) atoms. The third-order valence-electron chi connectivity index (χ3n) is 4.43. The van der Waals surface area contributed by atoms with Gasteiger partial charge < -0.3 is 15.4 Å². The van der Waals surface area contributed by atoms with Gasteiger partial charge in [-0.2, -0.15) is 0 Å². The lowest BCUT2D eigenvalue weighted by Crippen LogP contribution is -2.49. The van der Waals surface area contributed by atoms with Crippen molar-refractivity contribution in [2.45, 2.75) is 40.2 Å². The molecular formula is C17H26N2O2. The molecule has 1 aliphatic heterocycles. The number of rotatable bonds is 3. The number of nitrogens with two attached hydrogens (primary N) is 1. The van der Waals surface area contributed by atoms with Gasteiger partial charge >= 0.3 is 0 Å². The minimum absolute atomic E-state index is 0.0116. The summed E-state index contributed by atoms with van der Waals surface area (Å²) in [4.78, 5) is 14.9. The summed E-state index contributed by atoms with van der Waals surface area (Å²) in [5.41, 5.74) is 7.04. The SMILES string of the molecule is CCOc1cccc(N)c1C(=O)N1CC(C)CC(C)C1C. The highest BCUT2D eigenvalue weighted by atomic mass is 16.5. The van der Waals surface area contributed by atoms with E-state index in [-0.39, 0.29) is 11.9 Å². The molecule has 3 atom stereocenters. The molecule has 0 radical (unpaired) electrons. The van der Waals surface area contributed by atoms with E-state index in [1.165, 1.54) is 0 Å². The first-order valence-corrected chi connectivity index (χ1v) is 7.77. The van der Waals surface area contributed by atoms with Crippen LogP contribution in [0, 0.1) is 11.8 Å². The molecule has 0 spiro atoms. The van der Waals surface area contributed by atoms with Gasteiger partial charge in [0.2, 0.25) is 0 Å². The Balaban J connectivity index is 2.35. The van der Waals surface area contributed by atoms with Gasteiger partial charge in [-0.05, 0) is 44.2 Å². The molecule has 116 valence electrons. The van der Waals surface area contributed by atoms with Gasteiger partial charge in [0.1, 0.15) is 11.3 Å². The van der Waals surface area contributed by atoms with Crippen molar-refractivity contribution < 1.29 is 9.53 Å². The molecule has 2 N–H and O–H groups in total. The van der Waals surface area contributed by atoms with Crippen LogP contribution >= 0.6 is 0 Å². The number of nitrogen functional groups attached to an aromatic ring is 1. The molecule has 0 aromatic heterocycles. The predicted octanol–water partition coefficient (Wildman–Crippen LogP) is 3.17. The number of anilines is 1. The van der Waals surface area contributed by atoms with Crippen LogP contribution in [0.3, 0.4) is 0 Å². The average molecular weight is 290 g/mol. The molecule has 0 saturated carbocycles. The summed E-state index contributed by atoms with van der Waals surface area (Å²) in [7, 11) is 0. The Kier molecular flexibility index (Phi) is 4.76. The van der Waals surface area contributed by atoms with Crippen molar-refractivity contribution in [3.63, 3.8) is 0 Å². The van der Waals surface area contributed by atoms with Crippen LogP contribution in [0.2, 0.25) is 0 Å². The van der Waals surface area contributed by atoms with Crippen molar-refractivity contribution in [2.75, 3.05) is 18.9 Å². The van der Waals surface area contributed by atoms with E-state index in [2.05, 4.69) is 20.8 Å². The van der Waals surface area contributed by atoms with Crippen molar-refractivity contribution in [1.82, 2.24) is 4.90 Å². The third kappa shape index (κ3) is 3.14. The van der Waals surface area contributed by atoms with Crippen LogP contribution in [0.5, 0.6) is 5.75 Å². The Labute approximate surface area is 127 Å². The van der Waals surface area contributed by atoms with Crippen LogP contribution in [0.1, 0.15) is 44.5 Å². The molecule has 4 nitrogen and oxygen atoms in total. The van der Waals surface area contributed by atoms with Crippen molar-refractivity contribution in [2.24, 2.45) is 11.8 Å². The van der Waals surface area contributed by atoms with E-state index < -0.39 is 0 Å². The van der Waals surface area contributed by atoms with Gasteiger partial charge in [-0.1, -0.05) is 19.9 Å². The monoisotopic (exact) mass is 290 g/mol. The van der Waals surface area contributed by atoms with Gasteiger partial charge in [0.25, 0.3) is 5.91 Å². The molecule has 1 aliphatic rings. The quantitative estimate of drug-likeness (QED) is 0.870. The van der Waals surface area contributed by atoms with Gasteiger partial charge in [-0.3, -0.25) is 4.79 Å². The summed E-state index contributed by atoms with van der Waals surface area (Å²) in [5, 5.41) is 0. The summed E-state index contributed by atoms with van der Waals surface area (Å²) in [6.07, 6.45) is 1.16. The smallest absolute Gasteiger partial charge is 0.259 e. The fourth-order valence-corrected chi connectivity index (χ4v) is 3.18. The lowest BCUT2D eigenvalue weighted by atomic mass is 9.85. The van der Waals surface area contributed by atoms with Crippen LogP contribution in [0.15, 0.2) is 18.2 Å². The highest BCUT2D eigenvalue weighted by molar-refractivity contribution is 6.02. The maximum atomic E-state index is 13.0. The zero-order chi connectivity index (χ0) is 15.6. The summed E-state index contributed by atoms with van der Waals surface area (Å²) >= 11 is 0. The second-order valence-electron chi connectivity index (χ2n) is 6.17. The fraction of sp³-hybridized carbons (Fsp3) is 0.588. The van der Waals surface area contributed by atoms with Crippen LogP contribution in [-0.2, 0) is 0 Å². The highest BCUT2D eigenvalue weighted by Gasteiger charge is 2.34.